The van der Waals surface area contributed by atoms with Gasteiger partial charge in [-0.15, -0.1) is 0 Å². The Kier molecular flexibility index (Phi) is 4.08. The molecule has 1 heterocycles. The van der Waals surface area contributed by atoms with Crippen molar-refractivity contribution in [2.24, 2.45) is 5.92 Å². The van der Waals surface area contributed by atoms with E-state index in [2.05, 4.69) is 12.2 Å². The second-order valence-corrected chi connectivity index (χ2v) is 5.40. The zero-order chi connectivity index (χ0) is 12.3. The van der Waals surface area contributed by atoms with Crippen molar-refractivity contribution < 1.29 is 5.11 Å². The highest BCUT2D eigenvalue weighted by Gasteiger charge is 2.37. The van der Waals surface area contributed by atoms with Gasteiger partial charge in [-0.3, -0.25) is 0 Å². The van der Waals surface area contributed by atoms with E-state index < -0.39 is 5.60 Å². The lowest BCUT2D eigenvalue weighted by molar-refractivity contribution is -0.0414. The normalized spacial score (nSPS) is 29.2. The van der Waals surface area contributed by atoms with Gasteiger partial charge in [0.15, 0.2) is 0 Å². The van der Waals surface area contributed by atoms with Crippen molar-refractivity contribution in [3.05, 3.63) is 34.9 Å². The molecule has 2 atom stereocenters. The fourth-order valence-electron chi connectivity index (χ4n) is 2.69. The molecule has 1 aromatic rings. The fraction of sp³-hybridized carbons (Fsp3) is 0.571. The first-order valence-electron chi connectivity index (χ1n) is 6.31. The molecular weight excluding hydrogens is 234 g/mol. The number of hydrogen-bond acceptors (Lipinski definition) is 2. The van der Waals surface area contributed by atoms with Crippen molar-refractivity contribution in [2.75, 3.05) is 13.1 Å². The van der Waals surface area contributed by atoms with Gasteiger partial charge in [-0.05, 0) is 37.1 Å². The second-order valence-electron chi connectivity index (χ2n) is 4.97. The molecule has 94 valence electrons. The van der Waals surface area contributed by atoms with Gasteiger partial charge in [0.05, 0.1) is 5.60 Å². The van der Waals surface area contributed by atoms with Crippen LogP contribution in [0.5, 0.6) is 0 Å². The van der Waals surface area contributed by atoms with Crippen LogP contribution in [-0.4, -0.2) is 23.8 Å². The molecule has 1 aromatic carbocycles. The van der Waals surface area contributed by atoms with E-state index in [1.807, 2.05) is 24.3 Å². The Labute approximate surface area is 108 Å². The number of halogens is 1. The lowest BCUT2D eigenvalue weighted by atomic mass is 9.76. The molecule has 1 aliphatic rings. The minimum atomic E-state index is -0.562. The minimum Gasteiger partial charge on any atom is -0.389 e. The third-order valence-corrected chi connectivity index (χ3v) is 4.05. The average molecular weight is 254 g/mol. The molecule has 0 spiro atoms. The van der Waals surface area contributed by atoms with Crippen LogP contribution in [-0.2, 0) is 6.42 Å². The van der Waals surface area contributed by atoms with Crippen molar-refractivity contribution in [3.63, 3.8) is 0 Å². The summed E-state index contributed by atoms with van der Waals surface area (Å²) in [6.45, 7) is 3.96. The SMILES string of the molecule is CCC1CNCCC1(O)Cc1ccc(Cl)cc1. The molecule has 0 amide bonds. The molecule has 0 saturated carbocycles. The van der Waals surface area contributed by atoms with Crippen LogP contribution in [0.4, 0.5) is 0 Å². The molecule has 2 unspecified atom stereocenters. The lowest BCUT2D eigenvalue weighted by Crippen LogP contribution is -2.51. The largest absolute Gasteiger partial charge is 0.389 e. The maximum Gasteiger partial charge on any atom is 0.0740 e. The Morgan fingerprint density at radius 3 is 2.76 bits per heavy atom. The van der Waals surface area contributed by atoms with E-state index in [0.717, 1.165) is 42.9 Å². The Hall–Kier alpha value is -0.570. The van der Waals surface area contributed by atoms with Gasteiger partial charge in [0, 0.05) is 23.9 Å². The summed E-state index contributed by atoms with van der Waals surface area (Å²) < 4.78 is 0. The summed E-state index contributed by atoms with van der Waals surface area (Å²) in [6.07, 6.45) is 2.57. The summed E-state index contributed by atoms with van der Waals surface area (Å²) in [5.41, 5.74) is 0.602. The number of hydrogen-bond donors (Lipinski definition) is 2. The highest BCUT2D eigenvalue weighted by atomic mass is 35.5. The molecule has 2 nitrogen and oxygen atoms in total. The monoisotopic (exact) mass is 253 g/mol. The van der Waals surface area contributed by atoms with Crippen LogP contribution in [0.3, 0.4) is 0 Å². The van der Waals surface area contributed by atoms with Gasteiger partial charge >= 0.3 is 0 Å². The van der Waals surface area contributed by atoms with E-state index >= 15 is 0 Å². The summed E-state index contributed by atoms with van der Waals surface area (Å²) in [4.78, 5) is 0. The minimum absolute atomic E-state index is 0.340. The third kappa shape index (κ3) is 3.01. The summed E-state index contributed by atoms with van der Waals surface area (Å²) in [5, 5.41) is 14.9. The van der Waals surface area contributed by atoms with Crippen molar-refractivity contribution in [1.29, 1.82) is 0 Å². The van der Waals surface area contributed by atoms with E-state index in [-0.39, 0.29) is 0 Å². The maximum atomic E-state index is 10.8. The molecule has 1 aliphatic heterocycles. The van der Waals surface area contributed by atoms with Gasteiger partial charge in [-0.25, -0.2) is 0 Å². The predicted molar refractivity (Wildman–Crippen MR) is 71.4 cm³/mol. The second kappa shape index (κ2) is 5.38. The van der Waals surface area contributed by atoms with Gasteiger partial charge in [-0.2, -0.15) is 0 Å². The van der Waals surface area contributed by atoms with E-state index in [1.54, 1.807) is 0 Å². The molecule has 0 radical (unpaired) electrons. The molecule has 1 saturated heterocycles. The molecule has 0 aromatic heterocycles. The smallest absolute Gasteiger partial charge is 0.0740 e. The van der Waals surface area contributed by atoms with Gasteiger partial charge in [-0.1, -0.05) is 30.7 Å². The standard InChI is InChI=1S/C14H20ClNO/c1-2-12-10-16-8-7-14(12,17)9-11-3-5-13(15)6-4-11/h3-6,12,16-17H,2,7-10H2,1H3. The van der Waals surface area contributed by atoms with Crippen LogP contribution >= 0.6 is 11.6 Å². The van der Waals surface area contributed by atoms with Gasteiger partial charge in [0.1, 0.15) is 0 Å². The van der Waals surface area contributed by atoms with Crippen LogP contribution in [0.1, 0.15) is 25.3 Å². The summed E-state index contributed by atoms with van der Waals surface area (Å²) in [5.74, 6) is 0.340. The molecule has 3 heteroatoms. The fourth-order valence-corrected chi connectivity index (χ4v) is 2.81. The van der Waals surface area contributed by atoms with Crippen molar-refractivity contribution >= 4 is 11.6 Å². The van der Waals surface area contributed by atoms with E-state index in [0.29, 0.717) is 5.92 Å². The number of piperidine rings is 1. The van der Waals surface area contributed by atoms with Crippen LogP contribution in [0, 0.1) is 5.92 Å². The average Bonchev–Trinajstić information content (AvgIpc) is 2.32. The Balaban J connectivity index is 2.11. The van der Waals surface area contributed by atoms with E-state index in [9.17, 15) is 5.11 Å². The highest BCUT2D eigenvalue weighted by Crippen LogP contribution is 2.30. The van der Waals surface area contributed by atoms with Crippen LogP contribution in [0.15, 0.2) is 24.3 Å². The van der Waals surface area contributed by atoms with Gasteiger partial charge in [0.25, 0.3) is 0 Å². The van der Waals surface area contributed by atoms with Crippen LogP contribution in [0.2, 0.25) is 5.02 Å². The van der Waals surface area contributed by atoms with Crippen LogP contribution < -0.4 is 5.32 Å². The Bertz CT molecular complexity index is 365. The number of benzene rings is 1. The molecule has 17 heavy (non-hydrogen) atoms. The molecular formula is C14H20ClNO. The highest BCUT2D eigenvalue weighted by molar-refractivity contribution is 6.30. The van der Waals surface area contributed by atoms with Gasteiger partial charge in [0.2, 0.25) is 0 Å². The summed E-state index contributed by atoms with van der Waals surface area (Å²) in [6, 6.07) is 7.80. The quantitative estimate of drug-likeness (QED) is 0.868. The van der Waals surface area contributed by atoms with E-state index in [1.165, 1.54) is 0 Å². The number of nitrogens with one attached hydrogen (secondary N) is 1. The number of aliphatic hydroxyl groups is 1. The predicted octanol–water partition coefficient (Wildman–Crippen LogP) is 2.63. The van der Waals surface area contributed by atoms with Gasteiger partial charge < -0.3 is 10.4 Å². The first-order valence-corrected chi connectivity index (χ1v) is 6.69. The number of rotatable bonds is 3. The zero-order valence-electron chi connectivity index (χ0n) is 10.2. The Morgan fingerprint density at radius 2 is 2.12 bits per heavy atom. The van der Waals surface area contributed by atoms with Crippen molar-refractivity contribution in [3.8, 4) is 0 Å². The first kappa shape index (κ1) is 12.9. The summed E-state index contributed by atoms with van der Waals surface area (Å²) in [7, 11) is 0. The Morgan fingerprint density at radius 1 is 1.41 bits per heavy atom. The molecule has 2 N–H and O–H groups in total. The van der Waals surface area contributed by atoms with Crippen molar-refractivity contribution in [1.82, 2.24) is 5.32 Å². The van der Waals surface area contributed by atoms with E-state index in [4.69, 9.17) is 11.6 Å². The molecule has 0 aliphatic carbocycles. The first-order chi connectivity index (χ1) is 8.14. The topological polar surface area (TPSA) is 32.3 Å². The lowest BCUT2D eigenvalue weighted by Gasteiger charge is -2.40. The summed E-state index contributed by atoms with van der Waals surface area (Å²) >= 11 is 5.87. The zero-order valence-corrected chi connectivity index (χ0v) is 11.0. The molecule has 2 rings (SSSR count). The molecule has 1 fully saturated rings. The van der Waals surface area contributed by atoms with Crippen LogP contribution in [0.25, 0.3) is 0 Å². The third-order valence-electron chi connectivity index (χ3n) is 3.80. The maximum absolute atomic E-state index is 10.8. The molecule has 0 bridgehead atoms. The van der Waals surface area contributed by atoms with Crippen molar-refractivity contribution in [2.45, 2.75) is 31.8 Å².